The van der Waals surface area contributed by atoms with Gasteiger partial charge < -0.3 is 9.80 Å². The normalized spacial score (nSPS) is 26.2. The van der Waals surface area contributed by atoms with Gasteiger partial charge in [-0.1, -0.05) is 0 Å². The van der Waals surface area contributed by atoms with Crippen molar-refractivity contribution < 1.29 is 18.0 Å². The number of alkyl halides is 3. The standard InChI is InChI=1S/C17H23F3N4O/c1-22-9-7-16(6-5-14(22)25)12-24(11-10-23(16)2)15-13(17(18,19)20)4-3-8-21-15/h3-4,8H,5-7,9-12H2,1-2H3. The molecule has 0 radical (unpaired) electrons. The van der Waals surface area contributed by atoms with Crippen LogP contribution in [0.15, 0.2) is 18.3 Å². The molecule has 3 rings (SSSR count). The van der Waals surface area contributed by atoms with E-state index in [4.69, 9.17) is 0 Å². The van der Waals surface area contributed by atoms with Gasteiger partial charge in [0, 0.05) is 51.4 Å². The number of halogens is 3. The molecule has 138 valence electrons. The minimum absolute atomic E-state index is 0.00796. The van der Waals surface area contributed by atoms with Gasteiger partial charge in [-0.15, -0.1) is 0 Å². The summed E-state index contributed by atoms with van der Waals surface area (Å²) in [7, 11) is 3.78. The molecule has 0 bridgehead atoms. The van der Waals surface area contributed by atoms with Crippen molar-refractivity contribution in [1.82, 2.24) is 14.8 Å². The highest BCUT2D eigenvalue weighted by atomic mass is 19.4. The van der Waals surface area contributed by atoms with Gasteiger partial charge in [-0.2, -0.15) is 13.2 Å². The number of carbonyl (C=O) groups excluding carboxylic acids is 1. The van der Waals surface area contributed by atoms with E-state index in [9.17, 15) is 18.0 Å². The van der Waals surface area contributed by atoms with E-state index in [1.165, 1.54) is 12.3 Å². The van der Waals surface area contributed by atoms with Crippen LogP contribution in [-0.4, -0.2) is 66.5 Å². The van der Waals surface area contributed by atoms with Crippen LogP contribution in [0.4, 0.5) is 19.0 Å². The minimum Gasteiger partial charge on any atom is -0.353 e. The lowest BCUT2D eigenvalue weighted by atomic mass is 9.86. The highest BCUT2D eigenvalue weighted by Crippen LogP contribution is 2.38. The molecule has 2 aliphatic rings. The maximum absolute atomic E-state index is 13.4. The lowest BCUT2D eigenvalue weighted by Gasteiger charge is -2.50. The van der Waals surface area contributed by atoms with E-state index in [2.05, 4.69) is 9.88 Å². The highest BCUT2D eigenvalue weighted by molar-refractivity contribution is 5.76. The Morgan fingerprint density at radius 1 is 1.16 bits per heavy atom. The Bertz CT molecular complexity index is 651. The topological polar surface area (TPSA) is 39.7 Å². The molecule has 1 atom stereocenters. The lowest BCUT2D eigenvalue weighted by Crippen LogP contribution is -2.61. The zero-order chi connectivity index (χ0) is 18.2. The van der Waals surface area contributed by atoms with Gasteiger partial charge in [0.1, 0.15) is 5.82 Å². The number of hydrogen-bond donors (Lipinski definition) is 0. The molecule has 0 aliphatic carbocycles. The average molecular weight is 356 g/mol. The fraction of sp³-hybridized carbons (Fsp3) is 0.647. The van der Waals surface area contributed by atoms with E-state index in [0.717, 1.165) is 12.5 Å². The third-order valence-electron chi connectivity index (χ3n) is 5.53. The molecule has 2 saturated heterocycles. The number of carbonyl (C=O) groups is 1. The van der Waals surface area contributed by atoms with Crippen LogP contribution < -0.4 is 4.90 Å². The molecule has 2 fully saturated rings. The molecule has 0 aromatic carbocycles. The van der Waals surface area contributed by atoms with E-state index in [-0.39, 0.29) is 17.3 Å². The summed E-state index contributed by atoms with van der Waals surface area (Å²) in [6.45, 7) is 2.20. The second-order valence-corrected chi connectivity index (χ2v) is 7.01. The number of amides is 1. The number of aromatic nitrogens is 1. The molecule has 0 N–H and O–H groups in total. The summed E-state index contributed by atoms with van der Waals surface area (Å²) < 4.78 is 40.1. The van der Waals surface area contributed by atoms with Crippen LogP contribution in [-0.2, 0) is 11.0 Å². The van der Waals surface area contributed by atoms with Crippen LogP contribution >= 0.6 is 0 Å². The van der Waals surface area contributed by atoms with Crippen molar-refractivity contribution in [2.75, 3.05) is 45.2 Å². The molecule has 1 aromatic rings. The van der Waals surface area contributed by atoms with Crippen LogP contribution in [0.2, 0.25) is 0 Å². The van der Waals surface area contributed by atoms with Crippen LogP contribution in [0.3, 0.4) is 0 Å². The van der Waals surface area contributed by atoms with E-state index >= 15 is 0 Å². The fourth-order valence-electron chi connectivity index (χ4n) is 3.81. The predicted molar refractivity (Wildman–Crippen MR) is 88.3 cm³/mol. The number of piperazine rings is 1. The number of hydrogen-bond acceptors (Lipinski definition) is 4. The van der Waals surface area contributed by atoms with Gasteiger partial charge in [-0.3, -0.25) is 9.69 Å². The molecule has 8 heteroatoms. The Balaban J connectivity index is 1.90. The number of rotatable bonds is 1. The summed E-state index contributed by atoms with van der Waals surface area (Å²) in [4.78, 5) is 21.7. The number of nitrogens with zero attached hydrogens (tertiary/aromatic N) is 4. The summed E-state index contributed by atoms with van der Waals surface area (Å²) in [6.07, 6.45) is -1.21. The molecular weight excluding hydrogens is 333 g/mol. The Kier molecular flexibility index (Phi) is 4.66. The SMILES string of the molecule is CN1CCC2(CCC1=O)CN(c1ncccc1C(F)(F)F)CCN2C. The summed E-state index contributed by atoms with van der Waals surface area (Å²) in [6, 6.07) is 2.40. The lowest BCUT2D eigenvalue weighted by molar-refractivity contribution is -0.137. The first-order valence-electron chi connectivity index (χ1n) is 8.45. The number of likely N-dealkylation sites (tertiary alicyclic amines) is 1. The van der Waals surface area contributed by atoms with E-state index < -0.39 is 11.7 Å². The number of pyridine rings is 1. The number of likely N-dealkylation sites (N-methyl/N-ethyl adjacent to an activating group) is 1. The second-order valence-electron chi connectivity index (χ2n) is 7.01. The van der Waals surface area contributed by atoms with Gasteiger partial charge in [0.25, 0.3) is 0 Å². The summed E-state index contributed by atoms with van der Waals surface area (Å²) in [5, 5.41) is 0. The Morgan fingerprint density at radius 3 is 2.64 bits per heavy atom. The third kappa shape index (κ3) is 3.44. The second kappa shape index (κ2) is 6.48. The Hall–Kier alpha value is -1.83. The Labute approximate surface area is 145 Å². The largest absolute Gasteiger partial charge is 0.419 e. The number of anilines is 1. The molecular formula is C17H23F3N4O. The van der Waals surface area contributed by atoms with E-state index in [1.807, 2.05) is 7.05 Å². The van der Waals surface area contributed by atoms with Crippen LogP contribution in [0.5, 0.6) is 0 Å². The Morgan fingerprint density at radius 2 is 1.92 bits per heavy atom. The zero-order valence-electron chi connectivity index (χ0n) is 14.5. The molecule has 25 heavy (non-hydrogen) atoms. The molecule has 1 spiro atoms. The molecule has 2 aliphatic heterocycles. The van der Waals surface area contributed by atoms with Crippen LogP contribution in [0, 0.1) is 0 Å². The highest BCUT2D eigenvalue weighted by Gasteiger charge is 2.44. The van der Waals surface area contributed by atoms with E-state index in [0.29, 0.717) is 39.0 Å². The maximum Gasteiger partial charge on any atom is 0.419 e. The van der Waals surface area contributed by atoms with Gasteiger partial charge in [-0.25, -0.2) is 4.98 Å². The van der Waals surface area contributed by atoms with Crippen molar-refractivity contribution in [3.63, 3.8) is 0 Å². The third-order valence-corrected chi connectivity index (χ3v) is 5.53. The van der Waals surface area contributed by atoms with Gasteiger partial charge in [0.15, 0.2) is 0 Å². The summed E-state index contributed by atoms with van der Waals surface area (Å²) in [5.41, 5.74) is -1.00. The van der Waals surface area contributed by atoms with Crippen LogP contribution in [0.25, 0.3) is 0 Å². The molecule has 1 amide bonds. The van der Waals surface area contributed by atoms with Crippen molar-refractivity contribution in [3.05, 3.63) is 23.9 Å². The summed E-state index contributed by atoms with van der Waals surface area (Å²) >= 11 is 0. The predicted octanol–water partition coefficient (Wildman–Crippen LogP) is 2.23. The van der Waals surface area contributed by atoms with Gasteiger partial charge in [-0.05, 0) is 32.0 Å². The van der Waals surface area contributed by atoms with Crippen LogP contribution in [0.1, 0.15) is 24.8 Å². The molecule has 5 nitrogen and oxygen atoms in total. The molecule has 0 saturated carbocycles. The molecule has 1 aromatic heterocycles. The summed E-state index contributed by atoms with van der Waals surface area (Å²) in [5.74, 6) is 0.0858. The van der Waals surface area contributed by atoms with E-state index in [1.54, 1.807) is 16.8 Å². The minimum atomic E-state index is -4.43. The first-order chi connectivity index (χ1) is 11.7. The van der Waals surface area contributed by atoms with Gasteiger partial charge >= 0.3 is 6.18 Å². The van der Waals surface area contributed by atoms with Crippen molar-refractivity contribution in [2.45, 2.75) is 31.0 Å². The monoisotopic (exact) mass is 356 g/mol. The molecule has 1 unspecified atom stereocenters. The first kappa shape index (κ1) is 18.0. The van der Waals surface area contributed by atoms with Crippen molar-refractivity contribution >= 4 is 11.7 Å². The maximum atomic E-state index is 13.4. The van der Waals surface area contributed by atoms with Crippen molar-refractivity contribution in [1.29, 1.82) is 0 Å². The quantitative estimate of drug-likeness (QED) is 0.774. The van der Waals surface area contributed by atoms with Crippen molar-refractivity contribution in [3.8, 4) is 0 Å². The first-order valence-corrected chi connectivity index (χ1v) is 8.45. The fourth-order valence-corrected chi connectivity index (χ4v) is 3.81. The smallest absolute Gasteiger partial charge is 0.353 e. The zero-order valence-corrected chi connectivity index (χ0v) is 14.5. The average Bonchev–Trinajstić information content (AvgIpc) is 2.71. The van der Waals surface area contributed by atoms with Gasteiger partial charge in [0.05, 0.1) is 5.56 Å². The van der Waals surface area contributed by atoms with Crippen molar-refractivity contribution in [2.24, 2.45) is 0 Å². The molecule has 3 heterocycles. The van der Waals surface area contributed by atoms with Gasteiger partial charge in [0.2, 0.25) is 5.91 Å².